The molecule has 0 spiro atoms. The van der Waals surface area contributed by atoms with Crippen molar-refractivity contribution in [1.29, 1.82) is 0 Å². The maximum Gasteiger partial charge on any atom is 0.331 e. The lowest BCUT2D eigenvalue weighted by atomic mass is 10.2. The van der Waals surface area contributed by atoms with Gasteiger partial charge in [0.2, 0.25) is 0 Å². The van der Waals surface area contributed by atoms with Gasteiger partial charge in [-0.3, -0.25) is 13.9 Å². The van der Waals surface area contributed by atoms with Crippen molar-refractivity contribution in [3.05, 3.63) is 129 Å². The number of rotatable bonds is 5. The normalized spacial score (nSPS) is 11.1. The minimum Gasteiger partial charge on any atom is -0.456 e. The fraction of sp³-hybridized carbons (Fsp3) is 0.0769. The van der Waals surface area contributed by atoms with Crippen LogP contribution < -0.4 is 11.2 Å². The summed E-state index contributed by atoms with van der Waals surface area (Å²) in [6, 6.07) is 28.7. The van der Waals surface area contributed by atoms with Gasteiger partial charge in [-0.05, 0) is 23.3 Å². The zero-order valence-electron chi connectivity index (χ0n) is 16.8. The smallest absolute Gasteiger partial charge is 0.331 e. The van der Waals surface area contributed by atoms with E-state index in [1.165, 1.54) is 4.57 Å². The number of para-hydroxylation sites is 1. The second-order valence-electron chi connectivity index (χ2n) is 7.46. The first kappa shape index (κ1) is 18.9. The number of aromatic nitrogens is 2. The molecule has 0 radical (unpaired) electrons. The molecule has 0 unspecified atom stereocenters. The quantitative estimate of drug-likeness (QED) is 0.430. The standard InChI is InChI=1S/C26H20N2O3/c29-25-22(24-15-21-13-7-8-14-23(21)31-24)18-27(16-19-9-3-1-4-10-19)26(30)28(25)17-20-11-5-2-6-12-20/h1-15,18H,16-17H2. The molecule has 5 rings (SSSR count). The maximum atomic E-state index is 13.4. The third-order valence-electron chi connectivity index (χ3n) is 5.31. The first-order valence-electron chi connectivity index (χ1n) is 10.1. The van der Waals surface area contributed by atoms with Crippen LogP contribution in [0.5, 0.6) is 0 Å². The van der Waals surface area contributed by atoms with Crippen LogP contribution in [0.4, 0.5) is 0 Å². The van der Waals surface area contributed by atoms with Gasteiger partial charge in [-0.25, -0.2) is 4.79 Å². The fourth-order valence-corrected chi connectivity index (χ4v) is 3.74. The Kier molecular flexibility index (Phi) is 4.84. The lowest BCUT2D eigenvalue weighted by Gasteiger charge is -2.13. The zero-order valence-corrected chi connectivity index (χ0v) is 16.8. The van der Waals surface area contributed by atoms with E-state index >= 15 is 0 Å². The van der Waals surface area contributed by atoms with Crippen LogP contribution in [0, 0.1) is 0 Å². The Labute approximate surface area is 178 Å². The predicted molar refractivity (Wildman–Crippen MR) is 121 cm³/mol. The van der Waals surface area contributed by atoms with Gasteiger partial charge >= 0.3 is 5.69 Å². The molecule has 3 aromatic carbocycles. The molecule has 0 bridgehead atoms. The highest BCUT2D eigenvalue weighted by Crippen LogP contribution is 2.25. The zero-order chi connectivity index (χ0) is 21.2. The van der Waals surface area contributed by atoms with Crippen LogP contribution in [0.1, 0.15) is 11.1 Å². The Balaban J connectivity index is 1.69. The van der Waals surface area contributed by atoms with Crippen LogP contribution in [-0.4, -0.2) is 9.13 Å². The summed E-state index contributed by atoms with van der Waals surface area (Å²) in [7, 11) is 0. The minimum absolute atomic E-state index is 0.196. The number of hydrogen-bond acceptors (Lipinski definition) is 3. The Morgan fingerprint density at radius 3 is 2.00 bits per heavy atom. The molecule has 5 nitrogen and oxygen atoms in total. The summed E-state index contributed by atoms with van der Waals surface area (Å²) in [6.45, 7) is 0.559. The topological polar surface area (TPSA) is 57.1 Å². The molecule has 0 amide bonds. The van der Waals surface area contributed by atoms with Gasteiger partial charge in [0.15, 0.2) is 0 Å². The Bertz CT molecular complexity index is 1430. The molecule has 2 heterocycles. The summed E-state index contributed by atoms with van der Waals surface area (Å²) in [5.74, 6) is 0.454. The molecular weight excluding hydrogens is 388 g/mol. The molecule has 0 aliphatic heterocycles. The molecule has 31 heavy (non-hydrogen) atoms. The highest BCUT2D eigenvalue weighted by atomic mass is 16.3. The van der Waals surface area contributed by atoms with Crippen molar-refractivity contribution in [2.45, 2.75) is 13.1 Å². The molecule has 2 aromatic heterocycles. The highest BCUT2D eigenvalue weighted by Gasteiger charge is 2.17. The first-order valence-corrected chi connectivity index (χ1v) is 10.1. The third kappa shape index (κ3) is 3.73. The van der Waals surface area contributed by atoms with Crippen LogP contribution >= 0.6 is 0 Å². The van der Waals surface area contributed by atoms with Crippen molar-refractivity contribution in [2.75, 3.05) is 0 Å². The fourth-order valence-electron chi connectivity index (χ4n) is 3.74. The SMILES string of the molecule is O=c1c(-c2cc3ccccc3o2)cn(Cc2ccccc2)c(=O)n1Cc1ccccc1. The summed E-state index contributed by atoms with van der Waals surface area (Å²) < 4.78 is 8.81. The molecule has 0 saturated heterocycles. The van der Waals surface area contributed by atoms with E-state index in [1.54, 1.807) is 10.8 Å². The molecule has 0 fully saturated rings. The van der Waals surface area contributed by atoms with Crippen molar-refractivity contribution in [2.24, 2.45) is 0 Å². The van der Waals surface area contributed by atoms with E-state index in [0.717, 1.165) is 16.5 Å². The van der Waals surface area contributed by atoms with Gasteiger partial charge in [0.1, 0.15) is 11.3 Å². The number of fused-ring (bicyclic) bond motifs is 1. The van der Waals surface area contributed by atoms with E-state index in [9.17, 15) is 9.59 Å². The van der Waals surface area contributed by atoms with E-state index in [-0.39, 0.29) is 17.8 Å². The van der Waals surface area contributed by atoms with Crippen LogP contribution in [0.25, 0.3) is 22.3 Å². The van der Waals surface area contributed by atoms with Crippen molar-refractivity contribution >= 4 is 11.0 Å². The number of benzene rings is 3. The second kappa shape index (κ2) is 7.95. The third-order valence-corrected chi connectivity index (χ3v) is 5.31. The van der Waals surface area contributed by atoms with Crippen molar-refractivity contribution < 1.29 is 4.42 Å². The van der Waals surface area contributed by atoms with Gasteiger partial charge in [-0.15, -0.1) is 0 Å². The Hall–Kier alpha value is -4.12. The Morgan fingerprint density at radius 1 is 0.710 bits per heavy atom. The summed E-state index contributed by atoms with van der Waals surface area (Å²) in [5.41, 5.74) is 2.21. The molecular formula is C26H20N2O3. The molecule has 0 N–H and O–H groups in total. The second-order valence-corrected chi connectivity index (χ2v) is 7.46. The van der Waals surface area contributed by atoms with Gasteiger partial charge in [0.25, 0.3) is 5.56 Å². The Morgan fingerprint density at radius 2 is 1.32 bits per heavy atom. The van der Waals surface area contributed by atoms with Crippen LogP contribution in [0.3, 0.4) is 0 Å². The average molecular weight is 408 g/mol. The predicted octanol–water partition coefficient (Wildman–Crippen LogP) is 4.52. The largest absolute Gasteiger partial charge is 0.456 e. The van der Waals surface area contributed by atoms with Gasteiger partial charge < -0.3 is 4.42 Å². The molecule has 0 aliphatic rings. The average Bonchev–Trinajstić information content (AvgIpc) is 3.24. The van der Waals surface area contributed by atoms with Gasteiger partial charge in [0.05, 0.1) is 18.7 Å². The van der Waals surface area contributed by atoms with E-state index in [2.05, 4.69) is 0 Å². The lowest BCUT2D eigenvalue weighted by Crippen LogP contribution is -2.40. The summed E-state index contributed by atoms with van der Waals surface area (Å²) in [4.78, 5) is 26.6. The van der Waals surface area contributed by atoms with Crippen LogP contribution in [-0.2, 0) is 13.1 Å². The maximum absolute atomic E-state index is 13.4. The van der Waals surface area contributed by atoms with E-state index in [0.29, 0.717) is 23.5 Å². The summed E-state index contributed by atoms with van der Waals surface area (Å²) in [6.07, 6.45) is 1.61. The number of hydrogen-bond donors (Lipinski definition) is 0. The van der Waals surface area contributed by atoms with Gasteiger partial charge in [-0.2, -0.15) is 0 Å². The summed E-state index contributed by atoms with van der Waals surface area (Å²) in [5, 5.41) is 0.910. The van der Waals surface area contributed by atoms with Crippen LogP contribution in [0.15, 0.2) is 111 Å². The molecule has 0 atom stereocenters. The molecule has 5 heteroatoms. The van der Waals surface area contributed by atoms with E-state index < -0.39 is 0 Å². The van der Waals surface area contributed by atoms with Gasteiger partial charge in [0, 0.05) is 11.6 Å². The monoisotopic (exact) mass is 408 g/mol. The highest BCUT2D eigenvalue weighted by molar-refractivity contribution is 5.82. The molecule has 0 saturated carbocycles. The first-order chi connectivity index (χ1) is 15.2. The lowest BCUT2D eigenvalue weighted by molar-refractivity contribution is 0.596. The molecule has 0 aliphatic carbocycles. The van der Waals surface area contributed by atoms with E-state index in [1.807, 2.05) is 91.0 Å². The van der Waals surface area contributed by atoms with E-state index in [4.69, 9.17) is 4.42 Å². The molecule has 152 valence electrons. The number of furan rings is 1. The van der Waals surface area contributed by atoms with Crippen molar-refractivity contribution in [1.82, 2.24) is 9.13 Å². The minimum atomic E-state index is -0.364. The molecule has 5 aromatic rings. The van der Waals surface area contributed by atoms with Crippen molar-refractivity contribution in [3.63, 3.8) is 0 Å². The summed E-state index contributed by atoms with van der Waals surface area (Å²) >= 11 is 0. The number of nitrogens with zero attached hydrogens (tertiary/aromatic N) is 2. The van der Waals surface area contributed by atoms with Crippen molar-refractivity contribution in [3.8, 4) is 11.3 Å². The van der Waals surface area contributed by atoms with Crippen LogP contribution in [0.2, 0.25) is 0 Å². The van der Waals surface area contributed by atoms with Gasteiger partial charge in [-0.1, -0.05) is 78.9 Å².